The number of nitrogens with zero attached hydrogens (tertiary/aromatic N) is 1. The molecule has 2 rings (SSSR count). The van der Waals surface area contributed by atoms with Crippen LogP contribution in [0.5, 0.6) is 0 Å². The van der Waals surface area contributed by atoms with E-state index >= 15 is 0 Å². The van der Waals surface area contributed by atoms with Crippen molar-refractivity contribution in [2.75, 3.05) is 26.8 Å². The topological polar surface area (TPSA) is 73.2 Å². The molecule has 0 amide bonds. The summed E-state index contributed by atoms with van der Waals surface area (Å²) in [6, 6.07) is 9.96. The van der Waals surface area contributed by atoms with Gasteiger partial charge in [-0.25, -0.2) is 0 Å². The number of rotatable bonds is 7. The zero-order chi connectivity index (χ0) is 15.9. The van der Waals surface area contributed by atoms with Gasteiger partial charge in [-0.15, -0.1) is 0 Å². The van der Waals surface area contributed by atoms with Crippen molar-refractivity contribution < 1.29 is 20.1 Å². The first-order valence-electron chi connectivity index (χ1n) is 7.95. The molecule has 1 unspecified atom stereocenters. The number of likely N-dealkylation sites (tertiary alicyclic amines) is 1. The van der Waals surface area contributed by atoms with E-state index in [0.717, 1.165) is 25.8 Å². The largest absolute Gasteiger partial charge is 0.395 e. The molecule has 3 N–H and O–H groups in total. The zero-order valence-electron chi connectivity index (χ0n) is 13.1. The molecule has 4 atom stereocenters. The molecule has 0 spiro atoms. The molecule has 0 bridgehead atoms. The van der Waals surface area contributed by atoms with E-state index in [2.05, 4.69) is 12.1 Å². The van der Waals surface area contributed by atoms with Gasteiger partial charge in [0, 0.05) is 13.7 Å². The lowest BCUT2D eigenvalue weighted by Crippen LogP contribution is -2.63. The quantitative estimate of drug-likeness (QED) is 0.637. The van der Waals surface area contributed by atoms with E-state index in [9.17, 15) is 15.3 Å². The average Bonchev–Trinajstić information content (AvgIpc) is 2.53. The van der Waals surface area contributed by atoms with E-state index in [1.54, 1.807) is 0 Å². The number of aryl methyl sites for hydroxylation is 1. The van der Waals surface area contributed by atoms with E-state index in [0.29, 0.717) is 6.54 Å². The summed E-state index contributed by atoms with van der Waals surface area (Å²) in [4.78, 5) is 1.97. The number of aliphatic hydroxyl groups is 3. The molecule has 1 heterocycles. The van der Waals surface area contributed by atoms with Crippen LogP contribution >= 0.6 is 0 Å². The highest BCUT2D eigenvalue weighted by molar-refractivity contribution is 5.14. The number of methoxy groups -OCH3 is 1. The van der Waals surface area contributed by atoms with Crippen molar-refractivity contribution in [1.82, 2.24) is 4.90 Å². The van der Waals surface area contributed by atoms with Gasteiger partial charge in [0.1, 0.15) is 12.2 Å². The lowest BCUT2D eigenvalue weighted by atomic mass is 9.93. The van der Waals surface area contributed by atoms with Crippen LogP contribution in [0.15, 0.2) is 30.3 Å². The van der Waals surface area contributed by atoms with Crippen LogP contribution in [-0.2, 0) is 11.2 Å². The molecule has 1 aromatic rings. The number of ether oxygens (including phenoxy) is 1. The van der Waals surface area contributed by atoms with Crippen LogP contribution in [0.4, 0.5) is 0 Å². The third-order valence-electron chi connectivity index (χ3n) is 4.46. The molecule has 5 heteroatoms. The first-order chi connectivity index (χ1) is 10.7. The predicted molar refractivity (Wildman–Crippen MR) is 84.6 cm³/mol. The van der Waals surface area contributed by atoms with Crippen LogP contribution in [0.3, 0.4) is 0 Å². The Kier molecular flexibility index (Phi) is 6.79. The standard InChI is InChI=1S/C17H27NO4/c1-22-17-15(20)11-18(14(12-19)16(17)21)10-6-5-9-13-7-3-2-4-8-13/h2-4,7-8,14-17,19-21H,5-6,9-12H2,1H3/t14?,15-,16+,17+/m0/s1. The maximum atomic E-state index is 10.2. The second kappa shape index (κ2) is 8.60. The first kappa shape index (κ1) is 17.4. The fourth-order valence-corrected chi connectivity index (χ4v) is 3.21. The van der Waals surface area contributed by atoms with Crippen molar-refractivity contribution in [1.29, 1.82) is 0 Å². The molecule has 0 aliphatic carbocycles. The van der Waals surface area contributed by atoms with Gasteiger partial charge >= 0.3 is 0 Å². The number of β-amino-alcohol motifs (C(OH)–C–C–N with tert-alkyl or cyclic N) is 1. The number of benzene rings is 1. The molecule has 124 valence electrons. The van der Waals surface area contributed by atoms with Crippen molar-refractivity contribution in [3.63, 3.8) is 0 Å². The second-order valence-corrected chi connectivity index (χ2v) is 5.95. The van der Waals surface area contributed by atoms with Crippen LogP contribution in [0.2, 0.25) is 0 Å². The molecule has 1 aromatic carbocycles. The third kappa shape index (κ3) is 4.27. The second-order valence-electron chi connectivity index (χ2n) is 5.95. The van der Waals surface area contributed by atoms with Gasteiger partial charge in [0.2, 0.25) is 0 Å². The lowest BCUT2D eigenvalue weighted by Gasteiger charge is -2.44. The van der Waals surface area contributed by atoms with Crippen molar-refractivity contribution in [2.24, 2.45) is 0 Å². The Labute approximate surface area is 132 Å². The molecule has 1 saturated heterocycles. The van der Waals surface area contributed by atoms with Crippen LogP contribution < -0.4 is 0 Å². The highest BCUT2D eigenvalue weighted by Crippen LogP contribution is 2.21. The van der Waals surface area contributed by atoms with E-state index in [4.69, 9.17) is 4.74 Å². The van der Waals surface area contributed by atoms with E-state index < -0.39 is 18.3 Å². The molecular formula is C17H27NO4. The lowest BCUT2D eigenvalue weighted by molar-refractivity contribution is -0.157. The summed E-state index contributed by atoms with van der Waals surface area (Å²) < 4.78 is 5.14. The number of unbranched alkanes of at least 4 members (excludes halogenated alkanes) is 1. The van der Waals surface area contributed by atoms with Gasteiger partial charge in [-0.1, -0.05) is 30.3 Å². The molecule has 0 aromatic heterocycles. The molecule has 1 aliphatic heterocycles. The highest BCUT2D eigenvalue weighted by Gasteiger charge is 2.41. The fourth-order valence-electron chi connectivity index (χ4n) is 3.21. The van der Waals surface area contributed by atoms with E-state index in [-0.39, 0.29) is 12.6 Å². The monoisotopic (exact) mass is 309 g/mol. The summed E-state index contributed by atoms with van der Waals surface area (Å²) in [5, 5.41) is 29.8. The van der Waals surface area contributed by atoms with Crippen molar-refractivity contribution in [2.45, 2.75) is 43.6 Å². The third-order valence-corrected chi connectivity index (χ3v) is 4.46. The minimum absolute atomic E-state index is 0.133. The van der Waals surface area contributed by atoms with Gasteiger partial charge in [-0.2, -0.15) is 0 Å². The molecule has 1 aliphatic rings. The normalized spacial score (nSPS) is 29.6. The first-order valence-corrected chi connectivity index (χ1v) is 7.95. The molecule has 1 fully saturated rings. The highest BCUT2D eigenvalue weighted by atomic mass is 16.5. The Balaban J connectivity index is 1.81. The smallest absolute Gasteiger partial charge is 0.112 e. The SMILES string of the molecule is CO[C@H]1[C@H](O)C(CO)N(CCCCc2ccccc2)C[C@@H]1O. The summed E-state index contributed by atoms with van der Waals surface area (Å²) in [5.74, 6) is 0. The van der Waals surface area contributed by atoms with Gasteiger partial charge in [-0.05, 0) is 31.4 Å². The van der Waals surface area contributed by atoms with Crippen LogP contribution in [0.25, 0.3) is 0 Å². The Morgan fingerprint density at radius 3 is 2.55 bits per heavy atom. The van der Waals surface area contributed by atoms with Gasteiger partial charge in [0.05, 0.1) is 18.8 Å². The number of piperidine rings is 1. The van der Waals surface area contributed by atoms with E-state index in [1.807, 2.05) is 23.1 Å². The molecule has 0 radical (unpaired) electrons. The number of hydrogen-bond donors (Lipinski definition) is 3. The Morgan fingerprint density at radius 2 is 1.91 bits per heavy atom. The molecule has 22 heavy (non-hydrogen) atoms. The summed E-state index contributed by atoms with van der Waals surface area (Å²) >= 11 is 0. The van der Waals surface area contributed by atoms with Gasteiger partial charge < -0.3 is 20.1 Å². The summed E-state index contributed by atoms with van der Waals surface area (Å²) in [6.45, 7) is 1.04. The van der Waals surface area contributed by atoms with Crippen LogP contribution in [0, 0.1) is 0 Å². The van der Waals surface area contributed by atoms with Crippen molar-refractivity contribution in [3.8, 4) is 0 Å². The fraction of sp³-hybridized carbons (Fsp3) is 0.647. The van der Waals surface area contributed by atoms with Crippen LogP contribution in [-0.4, -0.2) is 71.4 Å². The van der Waals surface area contributed by atoms with Gasteiger partial charge in [0.15, 0.2) is 0 Å². The van der Waals surface area contributed by atoms with Crippen molar-refractivity contribution >= 4 is 0 Å². The minimum Gasteiger partial charge on any atom is -0.395 e. The average molecular weight is 309 g/mol. The van der Waals surface area contributed by atoms with Gasteiger partial charge in [0.25, 0.3) is 0 Å². The van der Waals surface area contributed by atoms with E-state index in [1.165, 1.54) is 12.7 Å². The van der Waals surface area contributed by atoms with Gasteiger partial charge in [-0.3, -0.25) is 4.90 Å². The summed E-state index contributed by atoms with van der Waals surface area (Å²) in [7, 11) is 1.47. The summed E-state index contributed by atoms with van der Waals surface area (Å²) in [6.07, 6.45) is 0.799. The maximum absolute atomic E-state index is 10.2. The number of hydrogen-bond acceptors (Lipinski definition) is 5. The molecule has 5 nitrogen and oxygen atoms in total. The Morgan fingerprint density at radius 1 is 1.18 bits per heavy atom. The number of aliphatic hydroxyl groups excluding tert-OH is 3. The Hall–Kier alpha value is -0.980. The molecular weight excluding hydrogens is 282 g/mol. The maximum Gasteiger partial charge on any atom is 0.112 e. The molecule has 0 saturated carbocycles. The van der Waals surface area contributed by atoms with Crippen molar-refractivity contribution in [3.05, 3.63) is 35.9 Å². The zero-order valence-corrected chi connectivity index (χ0v) is 13.1. The Bertz CT molecular complexity index is 428. The predicted octanol–water partition coefficient (Wildman–Crippen LogP) is 0.423. The van der Waals surface area contributed by atoms with Crippen LogP contribution in [0.1, 0.15) is 18.4 Å². The minimum atomic E-state index is -0.868. The summed E-state index contributed by atoms with van der Waals surface area (Å²) in [5.41, 5.74) is 1.32.